The fourth-order valence-electron chi connectivity index (χ4n) is 3.08. The zero-order chi connectivity index (χ0) is 18.2. The second-order valence-corrected chi connectivity index (χ2v) is 8.02. The van der Waals surface area contributed by atoms with E-state index in [1.165, 1.54) is 22.1 Å². The van der Waals surface area contributed by atoms with Crippen molar-refractivity contribution in [1.29, 1.82) is 0 Å². The molecule has 0 unspecified atom stereocenters. The van der Waals surface area contributed by atoms with Crippen molar-refractivity contribution in [3.63, 3.8) is 0 Å². The number of thioether (sulfide) groups is 1. The summed E-state index contributed by atoms with van der Waals surface area (Å²) in [4.78, 5) is 22.1. The van der Waals surface area contributed by atoms with E-state index in [-0.39, 0.29) is 5.56 Å². The third-order valence-corrected chi connectivity index (χ3v) is 6.25. The summed E-state index contributed by atoms with van der Waals surface area (Å²) in [7, 11) is 0. The van der Waals surface area contributed by atoms with E-state index in [4.69, 9.17) is 4.42 Å². The fourth-order valence-corrected chi connectivity index (χ4v) is 4.85. The number of nitrogens with zero attached hydrogens (tertiary/aromatic N) is 1. The van der Waals surface area contributed by atoms with Crippen LogP contribution in [-0.2, 0) is 5.75 Å². The maximum Gasteiger partial charge on any atom is 0.260 e. The predicted molar refractivity (Wildman–Crippen MR) is 111 cm³/mol. The van der Waals surface area contributed by atoms with Crippen molar-refractivity contribution in [2.45, 2.75) is 10.6 Å². The molecule has 0 bridgehead atoms. The maximum atomic E-state index is 12.6. The Morgan fingerprint density at radius 1 is 1.07 bits per heavy atom. The minimum absolute atomic E-state index is 0.123. The van der Waals surface area contributed by atoms with Gasteiger partial charge in [0.15, 0.2) is 0 Å². The molecular weight excluding hydrogens is 376 g/mol. The normalized spacial score (nSPS) is 11.4. The van der Waals surface area contributed by atoms with E-state index in [1.54, 1.807) is 18.0 Å². The second-order valence-electron chi connectivity index (χ2n) is 6.12. The second kappa shape index (κ2) is 6.72. The molecule has 5 aromatic rings. The zero-order valence-electron chi connectivity index (χ0n) is 14.1. The number of benzene rings is 2. The van der Waals surface area contributed by atoms with Crippen molar-refractivity contribution in [3.8, 4) is 11.3 Å². The number of thiophene rings is 1. The first-order valence-electron chi connectivity index (χ1n) is 8.44. The average molecular weight is 390 g/mol. The van der Waals surface area contributed by atoms with E-state index in [1.807, 2.05) is 29.6 Å². The van der Waals surface area contributed by atoms with E-state index < -0.39 is 0 Å². The molecule has 1 N–H and O–H groups in total. The molecule has 0 aliphatic carbocycles. The zero-order valence-corrected chi connectivity index (χ0v) is 15.8. The van der Waals surface area contributed by atoms with E-state index >= 15 is 0 Å². The molecule has 0 aliphatic rings. The molecular formula is C21H14N2O2S2. The molecule has 0 radical (unpaired) electrons. The van der Waals surface area contributed by atoms with Gasteiger partial charge in [0, 0.05) is 15.8 Å². The molecule has 0 amide bonds. The molecule has 3 aromatic heterocycles. The van der Waals surface area contributed by atoms with Crippen molar-refractivity contribution in [2.75, 3.05) is 0 Å². The lowest BCUT2D eigenvalue weighted by Gasteiger charge is -2.04. The smallest absolute Gasteiger partial charge is 0.260 e. The van der Waals surface area contributed by atoms with E-state index in [0.29, 0.717) is 22.7 Å². The molecule has 0 spiro atoms. The summed E-state index contributed by atoms with van der Waals surface area (Å²) in [5, 5.41) is 4.94. The highest BCUT2D eigenvalue weighted by atomic mass is 32.2. The van der Waals surface area contributed by atoms with Crippen molar-refractivity contribution in [1.82, 2.24) is 9.97 Å². The quantitative estimate of drug-likeness (QED) is 0.401. The Balaban J connectivity index is 1.44. The summed E-state index contributed by atoms with van der Waals surface area (Å²) in [5.74, 6) is 1.97. The van der Waals surface area contributed by atoms with Gasteiger partial charge in [0.2, 0.25) is 0 Å². The Morgan fingerprint density at radius 3 is 2.81 bits per heavy atom. The fraction of sp³-hybridized carbons (Fsp3) is 0.0476. The number of nitrogens with one attached hydrogen (secondary N) is 1. The van der Waals surface area contributed by atoms with Crippen LogP contribution >= 0.6 is 23.1 Å². The van der Waals surface area contributed by atoms with Gasteiger partial charge in [-0.25, -0.2) is 4.98 Å². The van der Waals surface area contributed by atoms with Gasteiger partial charge < -0.3 is 9.40 Å². The Kier molecular flexibility index (Phi) is 4.07. The van der Waals surface area contributed by atoms with E-state index in [9.17, 15) is 4.79 Å². The van der Waals surface area contributed by atoms with Gasteiger partial charge >= 0.3 is 0 Å². The van der Waals surface area contributed by atoms with Crippen LogP contribution < -0.4 is 5.56 Å². The molecule has 3 heterocycles. The predicted octanol–water partition coefficient (Wildman–Crippen LogP) is 5.69. The average Bonchev–Trinajstić information content (AvgIpc) is 3.36. The summed E-state index contributed by atoms with van der Waals surface area (Å²) in [6.07, 6.45) is 1.61. The highest BCUT2D eigenvalue weighted by Gasteiger charge is 2.14. The van der Waals surface area contributed by atoms with Gasteiger partial charge in [-0.15, -0.1) is 23.1 Å². The first-order valence-corrected chi connectivity index (χ1v) is 10.3. The largest absolute Gasteiger partial charge is 0.464 e. The van der Waals surface area contributed by atoms with Crippen LogP contribution in [0.15, 0.2) is 80.3 Å². The summed E-state index contributed by atoms with van der Waals surface area (Å²) >= 11 is 3.13. The van der Waals surface area contributed by atoms with Crippen LogP contribution in [0.4, 0.5) is 0 Å². The standard InChI is InChI=1S/C21H14N2O2S2/c24-20-19-16(17-6-3-9-25-17)11-27-21(19)23-18(22-20)12-26-15-8-7-13-4-1-2-5-14(13)10-15/h1-11H,12H2,(H,22,23,24). The first kappa shape index (κ1) is 16.4. The molecule has 0 aliphatic heterocycles. The number of rotatable bonds is 4. The molecule has 0 saturated carbocycles. The number of hydrogen-bond donors (Lipinski definition) is 1. The highest BCUT2D eigenvalue weighted by molar-refractivity contribution is 7.98. The van der Waals surface area contributed by atoms with Gasteiger partial charge in [0.25, 0.3) is 5.56 Å². The Morgan fingerprint density at radius 2 is 1.96 bits per heavy atom. The van der Waals surface area contributed by atoms with Crippen molar-refractivity contribution < 1.29 is 4.42 Å². The lowest BCUT2D eigenvalue weighted by Crippen LogP contribution is -2.10. The van der Waals surface area contributed by atoms with Crippen molar-refractivity contribution in [2.24, 2.45) is 0 Å². The Hall–Kier alpha value is -2.83. The van der Waals surface area contributed by atoms with Gasteiger partial charge in [0.05, 0.1) is 17.4 Å². The Labute approximate surface area is 162 Å². The number of hydrogen-bond acceptors (Lipinski definition) is 5. The number of fused-ring (bicyclic) bond motifs is 2. The molecule has 5 rings (SSSR count). The van der Waals surface area contributed by atoms with Crippen LogP contribution in [0.25, 0.3) is 32.3 Å². The van der Waals surface area contributed by atoms with Gasteiger partial charge in [-0.1, -0.05) is 30.3 Å². The van der Waals surface area contributed by atoms with Gasteiger partial charge in [-0.3, -0.25) is 4.79 Å². The molecule has 4 nitrogen and oxygen atoms in total. The van der Waals surface area contributed by atoms with Gasteiger partial charge in [-0.2, -0.15) is 0 Å². The highest BCUT2D eigenvalue weighted by Crippen LogP contribution is 2.31. The number of aromatic amines is 1. The molecule has 2 aromatic carbocycles. The molecule has 0 fully saturated rings. The monoisotopic (exact) mass is 390 g/mol. The van der Waals surface area contributed by atoms with Crippen molar-refractivity contribution >= 4 is 44.1 Å². The molecule has 132 valence electrons. The summed E-state index contributed by atoms with van der Waals surface area (Å²) in [5.41, 5.74) is 0.671. The molecule has 6 heteroatoms. The first-order chi connectivity index (χ1) is 13.3. The molecule has 0 atom stereocenters. The van der Waals surface area contributed by atoms with Crippen molar-refractivity contribution in [3.05, 3.63) is 82.4 Å². The van der Waals surface area contributed by atoms with Gasteiger partial charge in [0.1, 0.15) is 16.4 Å². The maximum absolute atomic E-state index is 12.6. The van der Waals surface area contributed by atoms with Crippen LogP contribution in [-0.4, -0.2) is 9.97 Å². The van der Waals surface area contributed by atoms with Crippen LogP contribution in [0.5, 0.6) is 0 Å². The van der Waals surface area contributed by atoms with Crippen LogP contribution in [0.3, 0.4) is 0 Å². The third-order valence-electron chi connectivity index (χ3n) is 4.38. The van der Waals surface area contributed by atoms with E-state index in [2.05, 4.69) is 40.3 Å². The third kappa shape index (κ3) is 3.07. The summed E-state index contributed by atoms with van der Waals surface area (Å²) in [6.45, 7) is 0. The lowest BCUT2D eigenvalue weighted by atomic mass is 10.1. The number of H-pyrrole nitrogens is 1. The number of aromatic nitrogens is 2. The van der Waals surface area contributed by atoms with Gasteiger partial charge in [-0.05, 0) is 35.0 Å². The summed E-state index contributed by atoms with van der Waals surface area (Å²) in [6, 6.07) is 18.3. The van der Waals surface area contributed by atoms with Crippen LogP contribution in [0.2, 0.25) is 0 Å². The molecule has 27 heavy (non-hydrogen) atoms. The SMILES string of the molecule is O=c1[nH]c(CSc2ccc3ccccc3c2)nc2scc(-c3ccco3)c12. The minimum Gasteiger partial charge on any atom is -0.464 e. The Bertz CT molecular complexity index is 1300. The van der Waals surface area contributed by atoms with Crippen LogP contribution in [0.1, 0.15) is 5.82 Å². The summed E-state index contributed by atoms with van der Waals surface area (Å²) < 4.78 is 5.43. The minimum atomic E-state index is -0.123. The van der Waals surface area contributed by atoms with Crippen LogP contribution in [0, 0.1) is 0 Å². The number of furan rings is 1. The molecule has 0 saturated heterocycles. The lowest BCUT2D eigenvalue weighted by molar-refractivity contribution is 0.583. The van der Waals surface area contributed by atoms with E-state index in [0.717, 1.165) is 15.3 Å². The topological polar surface area (TPSA) is 58.9 Å².